The number of aromatic nitrogens is 1. The van der Waals surface area contributed by atoms with Crippen LogP contribution in [0.2, 0.25) is 0 Å². The first-order valence-electron chi connectivity index (χ1n) is 8.93. The Morgan fingerprint density at radius 2 is 1.80 bits per heavy atom. The molecule has 3 aromatic rings. The van der Waals surface area contributed by atoms with Crippen LogP contribution >= 0.6 is 0 Å². The number of hydrogen-bond donors (Lipinski definition) is 0. The van der Waals surface area contributed by atoms with Gasteiger partial charge in [-0.15, -0.1) is 0 Å². The third-order valence-corrected chi connectivity index (χ3v) is 5.81. The molecule has 1 amide bonds. The summed E-state index contributed by atoms with van der Waals surface area (Å²) < 4.78 is 27.4. The second-order valence-electron chi connectivity index (χ2n) is 6.29. The lowest BCUT2D eigenvalue weighted by Gasteiger charge is -2.06. The maximum Gasteiger partial charge on any atom is 0.286 e. The maximum atomic E-state index is 13.0. The Morgan fingerprint density at radius 1 is 1.00 bits per heavy atom. The third kappa shape index (κ3) is 5.04. The second kappa shape index (κ2) is 9.25. The van der Waals surface area contributed by atoms with E-state index in [-0.39, 0.29) is 5.56 Å². The van der Waals surface area contributed by atoms with E-state index in [1.165, 1.54) is 19.6 Å². The fourth-order valence-electron chi connectivity index (χ4n) is 2.61. The molecule has 0 spiro atoms. The summed E-state index contributed by atoms with van der Waals surface area (Å²) in [6, 6.07) is 15.6. The molecule has 0 aliphatic heterocycles. The van der Waals surface area contributed by atoms with Crippen molar-refractivity contribution in [2.45, 2.75) is 4.90 Å². The fraction of sp³-hybridized carbons (Fsp3) is 0.130. The predicted molar refractivity (Wildman–Crippen MR) is 115 cm³/mol. The van der Waals surface area contributed by atoms with Crippen LogP contribution in [-0.4, -0.2) is 35.6 Å². The molecule has 1 aromatic heterocycles. The van der Waals surface area contributed by atoms with Crippen molar-refractivity contribution in [3.8, 4) is 23.3 Å². The standard InChI is InChI=1S/C23H20N2O4S/c1-28-20-8-6-9-21(14-20)30(3,27)25-23(26)19-13-17(15-24-16-19)11-12-18-7-4-5-10-22(18)29-2/h4-10,13-16H,1-3H3. The van der Waals surface area contributed by atoms with Crippen LogP contribution in [0.3, 0.4) is 0 Å². The van der Waals surface area contributed by atoms with Gasteiger partial charge in [-0.3, -0.25) is 9.78 Å². The molecule has 152 valence electrons. The van der Waals surface area contributed by atoms with E-state index in [1.54, 1.807) is 43.6 Å². The van der Waals surface area contributed by atoms with Crippen molar-refractivity contribution in [1.82, 2.24) is 4.98 Å². The molecule has 0 saturated heterocycles. The normalized spacial score (nSPS) is 12.1. The summed E-state index contributed by atoms with van der Waals surface area (Å²) in [4.78, 5) is 17.1. The highest BCUT2D eigenvalue weighted by atomic mass is 32.2. The molecular formula is C23H20N2O4S. The number of rotatable bonds is 4. The lowest BCUT2D eigenvalue weighted by Crippen LogP contribution is -2.05. The van der Waals surface area contributed by atoms with E-state index >= 15 is 0 Å². The smallest absolute Gasteiger partial charge is 0.286 e. The maximum absolute atomic E-state index is 13.0. The zero-order chi connectivity index (χ0) is 21.6. The molecule has 0 bridgehead atoms. The van der Waals surface area contributed by atoms with Gasteiger partial charge in [-0.1, -0.05) is 30.0 Å². The Labute approximate surface area is 176 Å². The van der Waals surface area contributed by atoms with Gasteiger partial charge in [0.1, 0.15) is 11.5 Å². The minimum absolute atomic E-state index is 0.208. The average Bonchev–Trinajstić information content (AvgIpc) is 2.77. The molecule has 30 heavy (non-hydrogen) atoms. The lowest BCUT2D eigenvalue weighted by atomic mass is 10.1. The lowest BCUT2D eigenvalue weighted by molar-refractivity contribution is 0.100. The quantitative estimate of drug-likeness (QED) is 0.600. The van der Waals surface area contributed by atoms with E-state index in [0.717, 1.165) is 5.56 Å². The molecule has 0 aliphatic carbocycles. The minimum atomic E-state index is -2.95. The van der Waals surface area contributed by atoms with Gasteiger partial charge >= 0.3 is 0 Å². The summed E-state index contributed by atoms with van der Waals surface area (Å²) in [7, 11) is 0.141. The molecule has 7 heteroatoms. The van der Waals surface area contributed by atoms with Crippen LogP contribution in [0, 0.1) is 11.8 Å². The number of para-hydroxylation sites is 1. The Bertz CT molecular complexity index is 1270. The molecule has 3 rings (SSSR count). The monoisotopic (exact) mass is 420 g/mol. The molecule has 0 N–H and O–H groups in total. The van der Waals surface area contributed by atoms with Crippen LogP contribution in [0.25, 0.3) is 0 Å². The third-order valence-electron chi connectivity index (χ3n) is 4.17. The number of hydrogen-bond acceptors (Lipinski definition) is 5. The van der Waals surface area contributed by atoms with Crippen molar-refractivity contribution in [2.75, 3.05) is 20.5 Å². The number of pyridine rings is 1. The summed E-state index contributed by atoms with van der Waals surface area (Å²) in [5, 5.41) is 0. The van der Waals surface area contributed by atoms with Gasteiger partial charge in [-0.2, -0.15) is 4.36 Å². The number of carbonyl (C=O) groups excluding carboxylic acids is 1. The van der Waals surface area contributed by atoms with Crippen LogP contribution in [0.4, 0.5) is 0 Å². The number of methoxy groups -OCH3 is 2. The van der Waals surface area contributed by atoms with Crippen molar-refractivity contribution in [3.63, 3.8) is 0 Å². The molecule has 0 fully saturated rings. The van der Waals surface area contributed by atoms with Gasteiger partial charge in [0.05, 0.1) is 40.0 Å². The van der Waals surface area contributed by atoms with Gasteiger partial charge in [-0.05, 0) is 36.4 Å². The molecule has 1 unspecified atom stereocenters. The molecule has 1 atom stereocenters. The number of ether oxygens (including phenoxy) is 2. The van der Waals surface area contributed by atoms with Crippen LogP contribution < -0.4 is 9.47 Å². The van der Waals surface area contributed by atoms with E-state index in [4.69, 9.17) is 9.47 Å². The number of benzene rings is 2. The van der Waals surface area contributed by atoms with Gasteiger partial charge in [0, 0.05) is 24.2 Å². The Morgan fingerprint density at radius 3 is 2.57 bits per heavy atom. The Balaban J connectivity index is 1.90. The summed E-state index contributed by atoms with van der Waals surface area (Å²) in [5.41, 5.74) is 1.46. The van der Waals surface area contributed by atoms with Gasteiger partial charge in [0.15, 0.2) is 0 Å². The van der Waals surface area contributed by atoms with Crippen LogP contribution in [0.15, 0.2) is 76.2 Å². The number of amides is 1. The first-order chi connectivity index (χ1) is 14.4. The van der Waals surface area contributed by atoms with E-state index in [9.17, 15) is 9.00 Å². The molecule has 1 heterocycles. The second-order valence-corrected chi connectivity index (χ2v) is 8.55. The van der Waals surface area contributed by atoms with E-state index < -0.39 is 15.6 Å². The molecule has 0 aliphatic rings. The first-order valence-corrected chi connectivity index (χ1v) is 10.9. The van der Waals surface area contributed by atoms with Crippen molar-refractivity contribution in [3.05, 3.63) is 83.7 Å². The van der Waals surface area contributed by atoms with Crippen LogP contribution in [0.5, 0.6) is 11.5 Å². The van der Waals surface area contributed by atoms with Gasteiger partial charge in [-0.25, -0.2) is 4.21 Å². The van der Waals surface area contributed by atoms with Crippen molar-refractivity contribution in [2.24, 2.45) is 4.36 Å². The topological polar surface area (TPSA) is 77.9 Å². The van der Waals surface area contributed by atoms with Crippen molar-refractivity contribution < 1.29 is 18.5 Å². The van der Waals surface area contributed by atoms with Gasteiger partial charge < -0.3 is 9.47 Å². The van der Waals surface area contributed by atoms with Crippen molar-refractivity contribution in [1.29, 1.82) is 0 Å². The summed E-state index contributed by atoms with van der Waals surface area (Å²) in [5.74, 6) is 6.54. The zero-order valence-electron chi connectivity index (χ0n) is 16.8. The molecule has 0 saturated carbocycles. The van der Waals surface area contributed by atoms with Crippen LogP contribution in [-0.2, 0) is 9.73 Å². The van der Waals surface area contributed by atoms with Crippen molar-refractivity contribution >= 4 is 15.6 Å². The predicted octanol–water partition coefficient (Wildman–Crippen LogP) is 3.80. The molecule has 2 aromatic carbocycles. The van der Waals surface area contributed by atoms with Gasteiger partial charge in [0.2, 0.25) is 0 Å². The largest absolute Gasteiger partial charge is 0.497 e. The van der Waals surface area contributed by atoms with Crippen LogP contribution in [0.1, 0.15) is 21.5 Å². The highest BCUT2D eigenvalue weighted by molar-refractivity contribution is 7.93. The Kier molecular flexibility index (Phi) is 6.50. The average molecular weight is 420 g/mol. The zero-order valence-corrected chi connectivity index (χ0v) is 17.6. The molecule has 6 nitrogen and oxygen atoms in total. The summed E-state index contributed by atoms with van der Waals surface area (Å²) >= 11 is 0. The van der Waals surface area contributed by atoms with E-state index in [1.807, 2.05) is 24.3 Å². The molecular weight excluding hydrogens is 400 g/mol. The SMILES string of the molecule is COc1cccc(S(C)(=O)=NC(=O)c2cncc(C#Cc3ccccc3OC)c2)c1. The highest BCUT2D eigenvalue weighted by Crippen LogP contribution is 2.19. The first kappa shape index (κ1) is 21.1. The minimum Gasteiger partial charge on any atom is -0.497 e. The van der Waals surface area contributed by atoms with E-state index in [0.29, 0.717) is 22.0 Å². The fourth-order valence-corrected chi connectivity index (χ4v) is 3.81. The molecule has 0 radical (unpaired) electrons. The van der Waals surface area contributed by atoms with E-state index in [2.05, 4.69) is 21.2 Å². The Hall–Kier alpha value is -3.63. The summed E-state index contributed by atoms with van der Waals surface area (Å²) in [6.45, 7) is 0. The summed E-state index contributed by atoms with van der Waals surface area (Å²) in [6.07, 6.45) is 4.34. The highest BCUT2D eigenvalue weighted by Gasteiger charge is 2.13. The number of carbonyl (C=O) groups is 1. The van der Waals surface area contributed by atoms with Gasteiger partial charge in [0.25, 0.3) is 5.91 Å². The number of nitrogens with zero attached hydrogens (tertiary/aromatic N) is 2.